The number of unbranched alkanes of at least 4 members (excludes halogenated alkanes) is 26. The second-order valence-corrected chi connectivity index (χ2v) is 21.1. The molecule has 19 heteroatoms. The highest BCUT2D eigenvalue weighted by Crippen LogP contribution is 2.33. The molecule has 0 bridgehead atoms. The topological polar surface area (TPSA) is 307 Å². The molecule has 3 heterocycles. The number of hydrogen-bond donors (Lipinski definition) is 12. The van der Waals surface area contributed by atoms with Crippen LogP contribution >= 0.6 is 0 Å². The van der Waals surface area contributed by atoms with Gasteiger partial charge in [-0.3, -0.25) is 4.79 Å². The van der Waals surface area contributed by atoms with Crippen molar-refractivity contribution >= 4 is 5.91 Å². The summed E-state index contributed by atoms with van der Waals surface area (Å²) in [6.45, 7) is 1.75. The third kappa shape index (κ3) is 24.1. The van der Waals surface area contributed by atoms with E-state index in [1.54, 1.807) is 0 Å². The molecule has 0 saturated carbocycles. The standard InChI is InChI=1S/C54H103NO18/c1-3-5-7-9-11-13-14-15-16-17-18-19-20-21-22-23-24-25-27-29-31-38(59)37(55-42(60)32-30-28-26-12-10-8-6-4-2)36-68-52-48(66)45(63)50(40(34-57)70-52)73-54-49(67)46(64)51(41(35-58)71-54)72-53-47(65)44(62)43(61)39(33-56)69-53/h37-41,43-54,56-59,61-67H,3-36H2,1-2H3,(H,55,60). The summed E-state index contributed by atoms with van der Waals surface area (Å²) in [6, 6.07) is -0.878. The van der Waals surface area contributed by atoms with Crippen LogP contribution in [0.25, 0.3) is 0 Å². The van der Waals surface area contributed by atoms with E-state index in [0.717, 1.165) is 44.9 Å². The molecule has 0 aromatic rings. The number of nitrogens with one attached hydrogen (secondary N) is 1. The maximum absolute atomic E-state index is 13.2. The van der Waals surface area contributed by atoms with E-state index in [1.165, 1.54) is 128 Å². The monoisotopic (exact) mass is 1050 g/mol. The van der Waals surface area contributed by atoms with Crippen LogP contribution in [0, 0.1) is 0 Å². The lowest BCUT2D eigenvalue weighted by Gasteiger charge is -2.48. The Balaban J connectivity index is 1.47. The predicted molar refractivity (Wildman–Crippen MR) is 273 cm³/mol. The Labute approximate surface area is 436 Å². The lowest BCUT2D eigenvalue weighted by Crippen LogP contribution is -2.66. The van der Waals surface area contributed by atoms with Crippen LogP contribution in [0.3, 0.4) is 0 Å². The van der Waals surface area contributed by atoms with Crippen LogP contribution in [0.15, 0.2) is 0 Å². The summed E-state index contributed by atoms with van der Waals surface area (Å²) in [4.78, 5) is 13.2. The van der Waals surface area contributed by atoms with Crippen molar-refractivity contribution in [3.05, 3.63) is 0 Å². The second kappa shape index (κ2) is 39.2. The Bertz CT molecular complexity index is 1350. The first-order valence-electron chi connectivity index (χ1n) is 28.8. The van der Waals surface area contributed by atoms with Crippen molar-refractivity contribution in [2.45, 2.75) is 311 Å². The maximum Gasteiger partial charge on any atom is 0.220 e. The van der Waals surface area contributed by atoms with E-state index in [-0.39, 0.29) is 18.9 Å². The van der Waals surface area contributed by atoms with Crippen molar-refractivity contribution in [3.8, 4) is 0 Å². The minimum Gasteiger partial charge on any atom is -0.394 e. The number of carbonyl (C=O) groups is 1. The fraction of sp³-hybridized carbons (Fsp3) is 0.981. The van der Waals surface area contributed by atoms with Crippen LogP contribution in [-0.4, -0.2) is 193 Å². The van der Waals surface area contributed by atoms with Crippen molar-refractivity contribution in [1.29, 1.82) is 0 Å². The second-order valence-electron chi connectivity index (χ2n) is 21.1. The summed E-state index contributed by atoms with van der Waals surface area (Å²) >= 11 is 0. The Morgan fingerprint density at radius 1 is 0.438 bits per heavy atom. The summed E-state index contributed by atoms with van der Waals surface area (Å²) in [7, 11) is 0. The first kappa shape index (κ1) is 66.1. The van der Waals surface area contributed by atoms with Crippen molar-refractivity contribution in [2.24, 2.45) is 0 Å². The molecule has 3 aliphatic heterocycles. The van der Waals surface area contributed by atoms with Crippen LogP contribution in [-0.2, 0) is 33.2 Å². The van der Waals surface area contributed by atoms with Crippen molar-refractivity contribution in [1.82, 2.24) is 5.32 Å². The molecule has 0 aliphatic carbocycles. The number of ether oxygens (including phenoxy) is 6. The molecule has 3 saturated heterocycles. The molecule has 19 nitrogen and oxygen atoms in total. The minimum absolute atomic E-state index is 0.246. The highest BCUT2D eigenvalue weighted by molar-refractivity contribution is 5.76. The van der Waals surface area contributed by atoms with Crippen LogP contribution in [0.1, 0.15) is 206 Å². The molecule has 17 atom stereocenters. The van der Waals surface area contributed by atoms with Crippen molar-refractivity contribution < 1.29 is 89.4 Å². The fourth-order valence-electron chi connectivity index (χ4n) is 10.1. The highest BCUT2D eigenvalue weighted by atomic mass is 16.8. The van der Waals surface area contributed by atoms with E-state index in [2.05, 4.69) is 19.2 Å². The average molecular weight is 1050 g/mol. The zero-order valence-corrected chi connectivity index (χ0v) is 44.6. The summed E-state index contributed by atoms with van der Waals surface area (Å²) in [5.41, 5.74) is 0. The minimum atomic E-state index is -1.97. The first-order chi connectivity index (χ1) is 35.3. The molecule has 73 heavy (non-hydrogen) atoms. The Morgan fingerprint density at radius 3 is 1.19 bits per heavy atom. The smallest absolute Gasteiger partial charge is 0.220 e. The van der Waals surface area contributed by atoms with E-state index < -0.39 is 124 Å². The van der Waals surface area contributed by atoms with Gasteiger partial charge in [0.15, 0.2) is 18.9 Å². The third-order valence-corrected chi connectivity index (χ3v) is 14.9. The molecule has 3 aliphatic rings. The third-order valence-electron chi connectivity index (χ3n) is 14.9. The van der Waals surface area contributed by atoms with Crippen LogP contribution in [0.4, 0.5) is 0 Å². The van der Waals surface area contributed by atoms with E-state index in [4.69, 9.17) is 28.4 Å². The number of aliphatic hydroxyl groups excluding tert-OH is 11. The number of carbonyl (C=O) groups excluding carboxylic acids is 1. The molecule has 1 amide bonds. The van der Waals surface area contributed by atoms with Gasteiger partial charge in [0.25, 0.3) is 0 Å². The van der Waals surface area contributed by atoms with E-state index in [1.807, 2.05) is 0 Å². The molecule has 17 unspecified atom stereocenters. The number of aliphatic hydroxyl groups is 11. The van der Waals surface area contributed by atoms with E-state index in [0.29, 0.717) is 12.8 Å². The quantitative estimate of drug-likeness (QED) is 0.0384. The molecule has 3 rings (SSSR count). The van der Waals surface area contributed by atoms with Crippen molar-refractivity contribution in [3.63, 3.8) is 0 Å². The SMILES string of the molecule is CCCCCCCCCCCCCCCCCCCCCCC(O)C(COC1OC(CO)C(OC2OC(CO)C(OC3OC(CO)C(O)C(O)C3O)C(O)C2O)C(O)C1O)NC(=O)CCCCCCCCCC. The van der Waals surface area contributed by atoms with Gasteiger partial charge in [-0.15, -0.1) is 0 Å². The fourth-order valence-corrected chi connectivity index (χ4v) is 10.1. The van der Waals surface area contributed by atoms with Gasteiger partial charge in [0.05, 0.1) is 38.6 Å². The lowest BCUT2D eigenvalue weighted by molar-refractivity contribution is -0.379. The largest absolute Gasteiger partial charge is 0.394 e. The highest BCUT2D eigenvalue weighted by Gasteiger charge is 2.53. The summed E-state index contributed by atoms with van der Waals surface area (Å²) in [6.07, 6.45) is 7.93. The van der Waals surface area contributed by atoms with Crippen LogP contribution < -0.4 is 5.32 Å². The molecule has 0 aromatic carbocycles. The summed E-state index contributed by atoms with van der Waals surface area (Å²) < 4.78 is 34.2. The number of amides is 1. The normalized spacial score (nSPS) is 31.7. The van der Waals surface area contributed by atoms with Gasteiger partial charge in [-0.25, -0.2) is 0 Å². The molecule has 432 valence electrons. The molecular weight excluding hydrogens is 951 g/mol. The van der Waals surface area contributed by atoms with E-state index in [9.17, 15) is 61.0 Å². The molecule has 12 N–H and O–H groups in total. The van der Waals surface area contributed by atoms with Gasteiger partial charge in [-0.05, 0) is 12.8 Å². The number of hydrogen-bond acceptors (Lipinski definition) is 18. The van der Waals surface area contributed by atoms with Gasteiger partial charge in [0.1, 0.15) is 73.2 Å². The average Bonchev–Trinajstić information content (AvgIpc) is 3.39. The number of rotatable bonds is 42. The van der Waals surface area contributed by atoms with Crippen LogP contribution in [0.2, 0.25) is 0 Å². The first-order valence-corrected chi connectivity index (χ1v) is 28.8. The van der Waals surface area contributed by atoms with E-state index >= 15 is 0 Å². The van der Waals surface area contributed by atoms with Crippen LogP contribution in [0.5, 0.6) is 0 Å². The van der Waals surface area contributed by atoms with Gasteiger partial charge < -0.3 is 89.9 Å². The van der Waals surface area contributed by atoms with Gasteiger partial charge in [-0.1, -0.05) is 187 Å². The van der Waals surface area contributed by atoms with Gasteiger partial charge in [0.2, 0.25) is 5.91 Å². The van der Waals surface area contributed by atoms with Gasteiger partial charge >= 0.3 is 0 Å². The maximum atomic E-state index is 13.2. The molecule has 0 aromatic heterocycles. The zero-order valence-electron chi connectivity index (χ0n) is 44.6. The predicted octanol–water partition coefficient (Wildman–Crippen LogP) is 4.04. The molecule has 0 radical (unpaired) electrons. The van der Waals surface area contributed by atoms with Gasteiger partial charge in [0, 0.05) is 6.42 Å². The Hall–Kier alpha value is -1.21. The summed E-state index contributed by atoms with van der Waals surface area (Å²) in [5.74, 6) is -0.246. The Kier molecular flexibility index (Phi) is 35.5. The lowest BCUT2D eigenvalue weighted by atomic mass is 9.96. The molecule has 3 fully saturated rings. The molecule has 0 spiro atoms. The summed E-state index contributed by atoms with van der Waals surface area (Å²) in [5, 5.41) is 120. The Morgan fingerprint density at radius 2 is 0.781 bits per heavy atom. The zero-order chi connectivity index (χ0) is 53.4. The van der Waals surface area contributed by atoms with Crippen molar-refractivity contribution in [2.75, 3.05) is 26.4 Å². The molecular formula is C54H103NO18. The van der Waals surface area contributed by atoms with Gasteiger partial charge in [-0.2, -0.15) is 0 Å².